The lowest BCUT2D eigenvalue weighted by Crippen LogP contribution is -2.50. The van der Waals surface area contributed by atoms with Gasteiger partial charge in [-0.3, -0.25) is 14.5 Å². The Morgan fingerprint density at radius 1 is 1.17 bits per heavy atom. The summed E-state index contributed by atoms with van der Waals surface area (Å²) in [6.07, 6.45) is -0.956. The number of nitrogens with one attached hydrogen (secondary N) is 1. The van der Waals surface area contributed by atoms with Gasteiger partial charge < -0.3 is 15.3 Å². The number of benzene rings is 1. The van der Waals surface area contributed by atoms with E-state index >= 15 is 0 Å². The number of carbonyl (C=O) groups is 2. The number of rotatable bonds is 6. The minimum absolute atomic E-state index is 0.139. The van der Waals surface area contributed by atoms with Gasteiger partial charge in [0.15, 0.2) is 0 Å². The predicted molar refractivity (Wildman–Crippen MR) is 115 cm³/mol. The molecule has 9 heteroatoms. The number of hydrogen-bond donors (Lipinski definition) is 2. The average molecular weight is 456 g/mol. The highest BCUT2D eigenvalue weighted by atomic mass is 35.5. The zero-order chi connectivity index (χ0) is 21.0. The lowest BCUT2D eigenvalue weighted by molar-refractivity contribution is -0.141. The molecular formula is C20H23Cl2N3O3S. The fourth-order valence-corrected chi connectivity index (χ4v) is 4.57. The van der Waals surface area contributed by atoms with Crippen molar-refractivity contribution in [3.63, 3.8) is 0 Å². The Kier molecular flexibility index (Phi) is 7.54. The van der Waals surface area contributed by atoms with Gasteiger partial charge in [-0.25, -0.2) is 0 Å². The molecule has 0 aliphatic carbocycles. The smallest absolute Gasteiger partial charge is 0.261 e. The minimum Gasteiger partial charge on any atom is -0.384 e. The third-order valence-corrected chi connectivity index (χ3v) is 6.42. The van der Waals surface area contributed by atoms with Gasteiger partial charge in [0.2, 0.25) is 0 Å². The fourth-order valence-electron chi connectivity index (χ4n) is 3.12. The molecule has 156 valence electrons. The molecule has 2 amide bonds. The second-order valence-electron chi connectivity index (χ2n) is 6.96. The van der Waals surface area contributed by atoms with E-state index in [4.69, 9.17) is 23.2 Å². The highest BCUT2D eigenvalue weighted by molar-refractivity contribution is 7.14. The second kappa shape index (κ2) is 9.91. The summed E-state index contributed by atoms with van der Waals surface area (Å²) in [4.78, 5) is 29.9. The lowest BCUT2D eigenvalue weighted by Gasteiger charge is -2.35. The summed E-state index contributed by atoms with van der Waals surface area (Å²) in [6.45, 7) is 5.25. The molecule has 1 atom stereocenters. The van der Waals surface area contributed by atoms with Crippen LogP contribution < -0.4 is 5.32 Å². The van der Waals surface area contributed by atoms with E-state index in [0.717, 1.165) is 30.1 Å². The van der Waals surface area contributed by atoms with Gasteiger partial charge in [-0.1, -0.05) is 29.3 Å². The Morgan fingerprint density at radius 2 is 1.90 bits per heavy atom. The van der Waals surface area contributed by atoms with Gasteiger partial charge in [-0.05, 0) is 36.8 Å². The van der Waals surface area contributed by atoms with E-state index in [2.05, 4.69) is 10.2 Å². The van der Waals surface area contributed by atoms with Crippen molar-refractivity contribution in [1.29, 1.82) is 0 Å². The molecule has 0 spiro atoms. The first-order chi connectivity index (χ1) is 13.8. The van der Waals surface area contributed by atoms with Crippen LogP contribution in [0.1, 0.15) is 27.0 Å². The second-order valence-corrected chi connectivity index (χ2v) is 8.97. The molecule has 0 saturated carbocycles. The van der Waals surface area contributed by atoms with Crippen LogP contribution in [0.15, 0.2) is 30.3 Å². The molecule has 2 heterocycles. The average Bonchev–Trinajstić information content (AvgIpc) is 3.15. The van der Waals surface area contributed by atoms with Crippen LogP contribution in [0, 0.1) is 0 Å². The zero-order valence-corrected chi connectivity index (χ0v) is 18.4. The maximum atomic E-state index is 12.4. The summed E-state index contributed by atoms with van der Waals surface area (Å²) in [5.41, 5.74) is 0.811. The number of thiophene rings is 1. The van der Waals surface area contributed by atoms with Gasteiger partial charge in [0.1, 0.15) is 6.10 Å². The lowest BCUT2D eigenvalue weighted by atomic mass is 10.2. The summed E-state index contributed by atoms with van der Waals surface area (Å²) in [6, 6.07) is 8.98. The zero-order valence-electron chi connectivity index (χ0n) is 16.0. The van der Waals surface area contributed by atoms with E-state index < -0.39 is 6.10 Å². The normalized spacial score (nSPS) is 15.9. The molecule has 1 aromatic heterocycles. The van der Waals surface area contributed by atoms with Crippen LogP contribution in [0.4, 0.5) is 0 Å². The van der Waals surface area contributed by atoms with Crippen molar-refractivity contribution < 1.29 is 14.7 Å². The van der Waals surface area contributed by atoms with E-state index in [0.29, 0.717) is 34.6 Å². The number of amides is 2. The number of carbonyl (C=O) groups excluding carboxylic acids is 2. The topological polar surface area (TPSA) is 72.9 Å². The Morgan fingerprint density at radius 3 is 2.55 bits per heavy atom. The van der Waals surface area contributed by atoms with Crippen LogP contribution in [0.2, 0.25) is 10.0 Å². The van der Waals surface area contributed by atoms with E-state index in [-0.39, 0.29) is 11.8 Å². The molecule has 2 aromatic rings. The first kappa shape index (κ1) is 22.1. The minimum atomic E-state index is -0.956. The van der Waals surface area contributed by atoms with Crippen LogP contribution in [-0.4, -0.2) is 59.0 Å². The summed E-state index contributed by atoms with van der Waals surface area (Å²) in [7, 11) is 0. The molecule has 6 nitrogen and oxygen atoms in total. The van der Waals surface area contributed by atoms with E-state index in [1.54, 1.807) is 23.1 Å². The Bertz CT molecular complexity index is 880. The summed E-state index contributed by atoms with van der Waals surface area (Å²) in [5, 5.41) is 13.4. The molecule has 3 rings (SSSR count). The number of nitrogens with zero attached hydrogens (tertiary/aromatic N) is 2. The Hall–Kier alpha value is -1.64. The van der Waals surface area contributed by atoms with Crippen LogP contribution in [0.5, 0.6) is 0 Å². The van der Waals surface area contributed by atoms with Crippen LogP contribution in [-0.2, 0) is 17.9 Å². The van der Waals surface area contributed by atoms with E-state index in [1.807, 2.05) is 12.1 Å². The van der Waals surface area contributed by atoms with Crippen molar-refractivity contribution >= 4 is 46.4 Å². The highest BCUT2D eigenvalue weighted by Gasteiger charge is 2.24. The Labute approximate surface area is 184 Å². The molecule has 0 radical (unpaired) electrons. The summed E-state index contributed by atoms with van der Waals surface area (Å²) < 4.78 is 0. The molecule has 1 aromatic carbocycles. The monoisotopic (exact) mass is 455 g/mol. The number of halogens is 2. The van der Waals surface area contributed by atoms with Crippen LogP contribution >= 0.6 is 34.5 Å². The van der Waals surface area contributed by atoms with Gasteiger partial charge in [0.05, 0.1) is 4.88 Å². The predicted octanol–water partition coefficient (Wildman–Crippen LogP) is 3.01. The summed E-state index contributed by atoms with van der Waals surface area (Å²) in [5.74, 6) is -0.361. The molecule has 29 heavy (non-hydrogen) atoms. The third kappa shape index (κ3) is 5.93. The number of aliphatic hydroxyl groups excluding tert-OH is 1. The molecule has 1 aliphatic rings. The van der Waals surface area contributed by atoms with Crippen molar-refractivity contribution in [2.45, 2.75) is 26.1 Å². The van der Waals surface area contributed by atoms with Gasteiger partial charge in [-0.15, -0.1) is 11.3 Å². The van der Waals surface area contributed by atoms with Crippen molar-refractivity contribution in [1.82, 2.24) is 15.1 Å². The largest absolute Gasteiger partial charge is 0.384 e. The van der Waals surface area contributed by atoms with Gasteiger partial charge in [0, 0.05) is 54.2 Å². The highest BCUT2D eigenvalue weighted by Crippen LogP contribution is 2.22. The molecule has 1 saturated heterocycles. The van der Waals surface area contributed by atoms with Crippen LogP contribution in [0.3, 0.4) is 0 Å². The standard InChI is InChI=1S/C20H23Cl2N3O3S/c1-13(26)20(28)25-8-6-24(7-9-25)12-16-4-5-18(29-16)19(27)23-11-14-2-3-15(21)10-17(14)22/h2-5,10,13,26H,6-9,11-12H2,1H3,(H,23,27). The number of piperazine rings is 1. The SMILES string of the molecule is CC(O)C(=O)N1CCN(Cc2ccc(C(=O)NCc3ccc(Cl)cc3Cl)s2)CC1. The molecule has 1 fully saturated rings. The first-order valence-electron chi connectivity index (χ1n) is 9.33. The van der Waals surface area contributed by atoms with E-state index in [1.165, 1.54) is 18.3 Å². The van der Waals surface area contributed by atoms with E-state index in [9.17, 15) is 14.7 Å². The van der Waals surface area contributed by atoms with Crippen LogP contribution in [0.25, 0.3) is 0 Å². The van der Waals surface area contributed by atoms with Crippen molar-refractivity contribution in [3.8, 4) is 0 Å². The molecule has 1 aliphatic heterocycles. The molecule has 2 N–H and O–H groups in total. The maximum Gasteiger partial charge on any atom is 0.261 e. The third-order valence-electron chi connectivity index (χ3n) is 4.76. The number of hydrogen-bond acceptors (Lipinski definition) is 5. The molecule has 0 bridgehead atoms. The molecule has 1 unspecified atom stereocenters. The fraction of sp³-hybridized carbons (Fsp3) is 0.400. The first-order valence-corrected chi connectivity index (χ1v) is 10.9. The van der Waals surface area contributed by atoms with Crippen molar-refractivity contribution in [3.05, 3.63) is 55.7 Å². The van der Waals surface area contributed by atoms with Crippen molar-refractivity contribution in [2.75, 3.05) is 26.2 Å². The quantitative estimate of drug-likeness (QED) is 0.701. The Balaban J connectivity index is 1.49. The van der Waals surface area contributed by atoms with Crippen molar-refractivity contribution in [2.24, 2.45) is 0 Å². The maximum absolute atomic E-state index is 12.4. The number of aliphatic hydroxyl groups is 1. The summed E-state index contributed by atoms with van der Waals surface area (Å²) >= 11 is 13.5. The van der Waals surface area contributed by atoms with Gasteiger partial charge in [-0.2, -0.15) is 0 Å². The molecular weight excluding hydrogens is 433 g/mol. The van der Waals surface area contributed by atoms with Gasteiger partial charge >= 0.3 is 0 Å². The van der Waals surface area contributed by atoms with Gasteiger partial charge in [0.25, 0.3) is 11.8 Å².